The van der Waals surface area contributed by atoms with Gasteiger partial charge in [0.25, 0.3) is 0 Å². The van der Waals surface area contributed by atoms with E-state index in [4.69, 9.17) is 9.47 Å². The van der Waals surface area contributed by atoms with Gasteiger partial charge in [0.05, 0.1) is 5.57 Å². The lowest BCUT2D eigenvalue weighted by Crippen LogP contribution is -2.35. The van der Waals surface area contributed by atoms with Crippen LogP contribution in [0.5, 0.6) is 0 Å². The van der Waals surface area contributed by atoms with Crippen molar-refractivity contribution >= 4 is 29.8 Å². The van der Waals surface area contributed by atoms with Crippen molar-refractivity contribution in [3.63, 3.8) is 0 Å². The van der Waals surface area contributed by atoms with Crippen molar-refractivity contribution in [2.75, 3.05) is 26.7 Å². The molecule has 0 N–H and O–H groups in total. The molecule has 0 spiro atoms. The molecule has 0 bridgehead atoms. The van der Waals surface area contributed by atoms with Gasteiger partial charge in [0.15, 0.2) is 23.1 Å². The van der Waals surface area contributed by atoms with Crippen LogP contribution in [-0.4, -0.2) is 55.3 Å². The maximum atomic E-state index is 12.9. The normalized spacial score (nSPS) is 21.5. The summed E-state index contributed by atoms with van der Waals surface area (Å²) < 4.78 is 11.0. The molecule has 6 nitrogen and oxygen atoms in total. The summed E-state index contributed by atoms with van der Waals surface area (Å²) in [5, 5.41) is 0. The van der Waals surface area contributed by atoms with Crippen LogP contribution < -0.4 is 0 Å². The van der Waals surface area contributed by atoms with E-state index in [1.54, 1.807) is 24.3 Å². The maximum Gasteiger partial charge on any atom is 0.231 e. The van der Waals surface area contributed by atoms with Gasteiger partial charge < -0.3 is 14.4 Å². The molecular weight excluding hydrogens is 382 g/mol. The zero-order valence-corrected chi connectivity index (χ0v) is 16.4. The minimum absolute atomic E-state index is 0. The molecule has 1 aromatic carbocycles. The highest BCUT2D eigenvalue weighted by Crippen LogP contribution is 2.34. The van der Waals surface area contributed by atoms with Gasteiger partial charge in [-0.1, -0.05) is 24.3 Å². The van der Waals surface area contributed by atoms with Crippen molar-refractivity contribution in [2.24, 2.45) is 0 Å². The number of carbonyl (C=O) groups is 3. The molecule has 1 unspecified atom stereocenters. The first-order chi connectivity index (χ1) is 13.1. The van der Waals surface area contributed by atoms with E-state index >= 15 is 0 Å². The average molecular weight is 404 g/mol. The molecule has 0 amide bonds. The number of likely N-dealkylation sites (tertiary alicyclic amines) is 1. The van der Waals surface area contributed by atoms with Gasteiger partial charge in [-0.2, -0.15) is 0 Å². The third-order valence-corrected chi connectivity index (χ3v) is 5.28. The number of allylic oxidation sites excluding steroid dienone is 3. The van der Waals surface area contributed by atoms with E-state index in [9.17, 15) is 14.4 Å². The van der Waals surface area contributed by atoms with Crippen LogP contribution >= 0.6 is 12.4 Å². The van der Waals surface area contributed by atoms with Gasteiger partial charge in [0.1, 0.15) is 0 Å². The highest BCUT2D eigenvalue weighted by molar-refractivity contribution is 6.28. The number of hydrogen-bond donors (Lipinski definition) is 0. The summed E-state index contributed by atoms with van der Waals surface area (Å²) >= 11 is 0. The van der Waals surface area contributed by atoms with Crippen LogP contribution in [0.1, 0.15) is 40.0 Å². The highest BCUT2D eigenvalue weighted by Gasteiger charge is 2.40. The molecule has 3 aliphatic rings. The standard InChI is InChI=1S/C21H21NO5.ClH/c1-26-21-18-15(19(24)13-6-2-3-7-14(13)20(18)25)12-17(27-21)16(23)8-11-22-9-4-5-10-22;/h2-3,6-7,12,21H,4-5,8-11H2,1H3;1H. The van der Waals surface area contributed by atoms with Gasteiger partial charge in [-0.15, -0.1) is 12.4 Å². The average Bonchev–Trinajstić information content (AvgIpc) is 3.23. The Morgan fingerprint density at radius 1 is 1.14 bits per heavy atom. The van der Waals surface area contributed by atoms with Crippen molar-refractivity contribution in [3.05, 3.63) is 58.4 Å². The Morgan fingerprint density at radius 2 is 1.79 bits per heavy atom. The maximum absolute atomic E-state index is 12.9. The molecule has 0 aromatic heterocycles. The predicted octanol–water partition coefficient (Wildman–Crippen LogP) is 2.73. The Hall–Kier alpha value is -2.28. The van der Waals surface area contributed by atoms with E-state index in [0.717, 1.165) is 25.9 Å². The topological polar surface area (TPSA) is 72.9 Å². The second kappa shape index (κ2) is 8.39. The second-order valence-electron chi connectivity index (χ2n) is 6.95. The van der Waals surface area contributed by atoms with Gasteiger partial charge in [-0.05, 0) is 32.0 Å². The molecular formula is C21H22ClNO5. The molecule has 0 saturated carbocycles. The minimum atomic E-state index is -1.06. The number of ketones is 3. The molecule has 2 heterocycles. The van der Waals surface area contributed by atoms with Crippen LogP contribution in [-0.2, 0) is 14.3 Å². The quantitative estimate of drug-likeness (QED) is 0.752. The van der Waals surface area contributed by atoms with Gasteiger partial charge in [0, 0.05) is 36.8 Å². The number of hydrogen-bond acceptors (Lipinski definition) is 6. The number of nitrogens with zero attached hydrogens (tertiary/aromatic N) is 1. The first-order valence-electron chi connectivity index (χ1n) is 9.19. The summed E-state index contributed by atoms with van der Waals surface area (Å²) in [5.74, 6) is -0.683. The third-order valence-electron chi connectivity index (χ3n) is 5.28. The lowest BCUT2D eigenvalue weighted by molar-refractivity contribution is -0.126. The Bertz CT molecular complexity index is 883. The van der Waals surface area contributed by atoms with Crippen molar-refractivity contribution < 1.29 is 23.9 Å². The predicted molar refractivity (Wildman–Crippen MR) is 105 cm³/mol. The minimum Gasteiger partial charge on any atom is -0.457 e. The van der Waals surface area contributed by atoms with E-state index in [-0.39, 0.29) is 46.7 Å². The summed E-state index contributed by atoms with van der Waals surface area (Å²) in [4.78, 5) is 40.6. The Labute approximate surface area is 169 Å². The fourth-order valence-corrected chi connectivity index (χ4v) is 3.83. The number of halogens is 1. The zero-order valence-electron chi connectivity index (χ0n) is 15.6. The molecule has 2 aliphatic heterocycles. The smallest absolute Gasteiger partial charge is 0.231 e. The number of fused-ring (bicyclic) bond motifs is 1. The molecule has 1 aromatic rings. The first-order valence-corrected chi connectivity index (χ1v) is 9.19. The summed E-state index contributed by atoms with van der Waals surface area (Å²) in [6.45, 7) is 2.68. The first kappa shape index (κ1) is 20.5. The van der Waals surface area contributed by atoms with Crippen molar-refractivity contribution in [2.45, 2.75) is 25.6 Å². The molecule has 1 aliphatic carbocycles. The summed E-state index contributed by atoms with van der Waals surface area (Å²) in [6, 6.07) is 6.67. The fourth-order valence-electron chi connectivity index (χ4n) is 3.83. The van der Waals surface area contributed by atoms with E-state index in [0.29, 0.717) is 24.1 Å². The Kier molecular flexibility index (Phi) is 6.13. The van der Waals surface area contributed by atoms with Crippen molar-refractivity contribution in [3.8, 4) is 0 Å². The molecule has 28 heavy (non-hydrogen) atoms. The van der Waals surface area contributed by atoms with Crippen LogP contribution in [0.15, 0.2) is 47.2 Å². The zero-order chi connectivity index (χ0) is 19.0. The Morgan fingerprint density at radius 3 is 2.43 bits per heavy atom. The summed E-state index contributed by atoms with van der Waals surface area (Å²) in [6.07, 6.45) is 2.98. The molecule has 4 rings (SSSR count). The fraction of sp³-hybridized carbons (Fsp3) is 0.381. The van der Waals surface area contributed by atoms with E-state index in [2.05, 4.69) is 4.90 Å². The number of ether oxygens (including phenoxy) is 2. The largest absolute Gasteiger partial charge is 0.457 e. The lowest BCUT2D eigenvalue weighted by Gasteiger charge is -2.29. The van der Waals surface area contributed by atoms with Gasteiger partial charge in [-0.3, -0.25) is 14.4 Å². The van der Waals surface area contributed by atoms with Crippen molar-refractivity contribution in [1.82, 2.24) is 4.90 Å². The van der Waals surface area contributed by atoms with Crippen LogP contribution in [0, 0.1) is 0 Å². The van der Waals surface area contributed by atoms with Crippen LogP contribution in [0.3, 0.4) is 0 Å². The number of benzene rings is 1. The van der Waals surface area contributed by atoms with Gasteiger partial charge in [0.2, 0.25) is 6.29 Å². The molecule has 0 radical (unpaired) electrons. The summed E-state index contributed by atoms with van der Waals surface area (Å²) in [7, 11) is 1.39. The highest BCUT2D eigenvalue weighted by atomic mass is 35.5. The van der Waals surface area contributed by atoms with Crippen molar-refractivity contribution in [1.29, 1.82) is 0 Å². The van der Waals surface area contributed by atoms with Gasteiger partial charge >= 0.3 is 0 Å². The lowest BCUT2D eigenvalue weighted by atomic mass is 9.82. The number of rotatable bonds is 5. The van der Waals surface area contributed by atoms with E-state index in [1.165, 1.54) is 13.2 Å². The number of Topliss-reactive ketones (excluding diaryl/α,β-unsaturated/α-hetero) is 3. The summed E-state index contributed by atoms with van der Waals surface area (Å²) in [5.41, 5.74) is 1.04. The molecule has 148 valence electrons. The van der Waals surface area contributed by atoms with Crippen LogP contribution in [0.25, 0.3) is 0 Å². The van der Waals surface area contributed by atoms with E-state index < -0.39 is 6.29 Å². The molecule has 7 heteroatoms. The molecule has 1 saturated heterocycles. The Balaban J connectivity index is 0.00000225. The van der Waals surface area contributed by atoms with Gasteiger partial charge in [-0.25, -0.2) is 0 Å². The second-order valence-corrected chi connectivity index (χ2v) is 6.95. The number of methoxy groups -OCH3 is 1. The van der Waals surface area contributed by atoms with E-state index in [1.807, 2.05) is 0 Å². The monoisotopic (exact) mass is 403 g/mol. The number of carbonyl (C=O) groups excluding carboxylic acids is 3. The van der Waals surface area contributed by atoms with Crippen LogP contribution in [0.2, 0.25) is 0 Å². The van der Waals surface area contributed by atoms with Crippen LogP contribution in [0.4, 0.5) is 0 Å². The SMILES string of the molecule is COC1OC(C(=O)CCN2CCCC2)=CC2=C1C(=O)c1ccccc1C2=O.Cl. The molecule has 1 atom stereocenters. The third kappa shape index (κ3) is 3.55. The molecule has 1 fully saturated rings.